The topological polar surface area (TPSA) is 55.1 Å². The molecule has 88 valence electrons. The number of carbonyl (C=O) groups excluding carboxylic acids is 1. The Bertz CT molecular complexity index is 373. The number of benzene rings is 1. The van der Waals surface area contributed by atoms with E-state index in [1.165, 1.54) is 0 Å². The molecule has 3 nitrogen and oxygen atoms in total. The van der Waals surface area contributed by atoms with E-state index in [1.54, 1.807) is 13.8 Å². The van der Waals surface area contributed by atoms with Crippen molar-refractivity contribution in [3.05, 3.63) is 29.8 Å². The number of halogens is 2. The van der Waals surface area contributed by atoms with E-state index in [2.05, 4.69) is 5.32 Å². The lowest BCUT2D eigenvalue weighted by Gasteiger charge is -2.15. The first kappa shape index (κ1) is 12.6. The molecule has 1 rings (SSSR count). The van der Waals surface area contributed by atoms with Gasteiger partial charge >= 0.3 is 0 Å². The van der Waals surface area contributed by atoms with E-state index in [1.807, 2.05) is 0 Å². The van der Waals surface area contributed by atoms with E-state index in [-0.39, 0.29) is 11.6 Å². The Balaban J connectivity index is 2.77. The minimum Gasteiger partial charge on any atom is -0.325 e. The summed E-state index contributed by atoms with van der Waals surface area (Å²) in [7, 11) is 0. The zero-order chi connectivity index (χ0) is 12.3. The fraction of sp³-hybridized carbons (Fsp3) is 0.364. The Kier molecular flexibility index (Phi) is 3.95. The molecule has 0 heterocycles. The van der Waals surface area contributed by atoms with Crippen molar-refractivity contribution < 1.29 is 13.6 Å². The summed E-state index contributed by atoms with van der Waals surface area (Å²) in [6.07, 6.45) is 0. The van der Waals surface area contributed by atoms with E-state index in [9.17, 15) is 13.6 Å². The maximum atomic E-state index is 12.8. The molecule has 0 aliphatic rings. The van der Waals surface area contributed by atoms with Gasteiger partial charge in [-0.25, -0.2) is 8.78 Å². The van der Waals surface area contributed by atoms with E-state index < -0.39 is 23.6 Å². The molecule has 1 amide bonds. The van der Waals surface area contributed by atoms with Gasteiger partial charge in [-0.1, -0.05) is 13.8 Å². The molecule has 0 bridgehead atoms. The second kappa shape index (κ2) is 5.03. The van der Waals surface area contributed by atoms with Crippen molar-refractivity contribution in [2.75, 3.05) is 5.32 Å². The molecule has 0 spiro atoms. The van der Waals surface area contributed by atoms with Crippen LogP contribution in [-0.4, -0.2) is 11.9 Å². The Morgan fingerprint density at radius 2 is 1.75 bits per heavy atom. The molecule has 0 aromatic heterocycles. The molecule has 0 radical (unpaired) electrons. The molecule has 1 aromatic carbocycles. The highest BCUT2D eigenvalue weighted by Crippen LogP contribution is 2.13. The second-order valence-electron chi connectivity index (χ2n) is 3.92. The molecule has 1 atom stereocenters. The Morgan fingerprint density at radius 1 is 1.25 bits per heavy atom. The highest BCUT2D eigenvalue weighted by molar-refractivity contribution is 5.94. The van der Waals surface area contributed by atoms with Crippen LogP contribution in [0.5, 0.6) is 0 Å². The third-order valence-corrected chi connectivity index (χ3v) is 2.15. The smallest absolute Gasteiger partial charge is 0.241 e. The molecule has 0 saturated heterocycles. The van der Waals surface area contributed by atoms with Crippen molar-refractivity contribution in [3.8, 4) is 0 Å². The highest BCUT2D eigenvalue weighted by atomic mass is 19.1. The maximum absolute atomic E-state index is 12.8. The molecule has 0 unspecified atom stereocenters. The third-order valence-electron chi connectivity index (χ3n) is 2.15. The fourth-order valence-electron chi connectivity index (χ4n) is 1.15. The van der Waals surface area contributed by atoms with E-state index >= 15 is 0 Å². The van der Waals surface area contributed by atoms with E-state index in [0.29, 0.717) is 0 Å². The Labute approximate surface area is 92.6 Å². The minimum absolute atomic E-state index is 0.0431. The Hall–Kier alpha value is -1.49. The standard InChI is InChI=1S/C11H14F2N2O/c1-6(2)10(14)11(16)15-9-4-7(12)3-8(13)5-9/h3-6,10H,14H2,1-2H3,(H,15,16)/t10-/m0/s1. The van der Waals surface area contributed by atoms with Gasteiger partial charge < -0.3 is 11.1 Å². The van der Waals surface area contributed by atoms with Crippen LogP contribution >= 0.6 is 0 Å². The van der Waals surface area contributed by atoms with Gasteiger partial charge in [-0.05, 0) is 18.1 Å². The number of rotatable bonds is 3. The van der Waals surface area contributed by atoms with Crippen LogP contribution in [0.3, 0.4) is 0 Å². The minimum atomic E-state index is -0.742. The predicted molar refractivity (Wildman–Crippen MR) is 57.8 cm³/mol. The van der Waals surface area contributed by atoms with Crippen molar-refractivity contribution in [2.45, 2.75) is 19.9 Å². The predicted octanol–water partition coefficient (Wildman–Crippen LogP) is 1.89. The molecular weight excluding hydrogens is 214 g/mol. The van der Waals surface area contributed by atoms with E-state index in [0.717, 1.165) is 18.2 Å². The summed E-state index contributed by atoms with van der Waals surface area (Å²) in [5, 5.41) is 2.36. The summed E-state index contributed by atoms with van der Waals surface area (Å²) >= 11 is 0. The number of carbonyl (C=O) groups is 1. The normalized spacial score (nSPS) is 12.6. The first-order valence-electron chi connectivity index (χ1n) is 4.92. The molecule has 0 aliphatic heterocycles. The molecule has 5 heteroatoms. The number of hydrogen-bond acceptors (Lipinski definition) is 2. The summed E-state index contributed by atoms with van der Waals surface area (Å²) in [6, 6.07) is 2.10. The van der Waals surface area contributed by atoms with Crippen LogP contribution in [0.1, 0.15) is 13.8 Å². The van der Waals surface area contributed by atoms with Crippen molar-refractivity contribution in [3.63, 3.8) is 0 Å². The molecule has 0 saturated carbocycles. The fourth-order valence-corrected chi connectivity index (χ4v) is 1.15. The second-order valence-corrected chi connectivity index (χ2v) is 3.92. The summed E-state index contributed by atoms with van der Waals surface area (Å²) in [5.41, 5.74) is 5.65. The molecule has 1 aromatic rings. The average molecular weight is 228 g/mol. The van der Waals surface area contributed by atoms with Gasteiger partial charge in [-0.3, -0.25) is 4.79 Å². The highest BCUT2D eigenvalue weighted by Gasteiger charge is 2.17. The van der Waals surface area contributed by atoms with Crippen LogP contribution in [0.15, 0.2) is 18.2 Å². The number of nitrogens with two attached hydrogens (primary N) is 1. The van der Waals surface area contributed by atoms with Gasteiger partial charge in [0.05, 0.1) is 6.04 Å². The molecule has 0 fully saturated rings. The molecule has 3 N–H and O–H groups in total. The van der Waals surface area contributed by atoms with Gasteiger partial charge in [0.15, 0.2) is 0 Å². The lowest BCUT2D eigenvalue weighted by molar-refractivity contribution is -0.118. The SMILES string of the molecule is CC(C)[C@H](N)C(=O)Nc1cc(F)cc(F)c1. The van der Waals surface area contributed by atoms with Crippen molar-refractivity contribution in [1.29, 1.82) is 0 Å². The van der Waals surface area contributed by atoms with Crippen LogP contribution in [0.25, 0.3) is 0 Å². The third kappa shape index (κ3) is 3.27. The van der Waals surface area contributed by atoms with Crippen molar-refractivity contribution >= 4 is 11.6 Å². The molecule has 16 heavy (non-hydrogen) atoms. The quantitative estimate of drug-likeness (QED) is 0.830. The number of hydrogen-bond donors (Lipinski definition) is 2. The van der Waals surface area contributed by atoms with Gasteiger partial charge in [-0.2, -0.15) is 0 Å². The first-order chi connectivity index (χ1) is 7.40. The van der Waals surface area contributed by atoms with E-state index in [4.69, 9.17) is 5.73 Å². The van der Waals surface area contributed by atoms with Crippen molar-refractivity contribution in [1.82, 2.24) is 0 Å². The number of nitrogens with one attached hydrogen (secondary N) is 1. The van der Waals surface area contributed by atoms with Crippen LogP contribution in [0, 0.1) is 17.6 Å². The van der Waals surface area contributed by atoms with Gasteiger partial charge in [0, 0.05) is 11.8 Å². The number of amides is 1. The van der Waals surface area contributed by atoms with Gasteiger partial charge in [0.2, 0.25) is 5.91 Å². The lowest BCUT2D eigenvalue weighted by atomic mass is 10.0. The van der Waals surface area contributed by atoms with Gasteiger partial charge in [0.1, 0.15) is 11.6 Å². The van der Waals surface area contributed by atoms with Gasteiger partial charge in [-0.15, -0.1) is 0 Å². The summed E-state index contributed by atoms with van der Waals surface area (Å²) in [4.78, 5) is 11.5. The van der Waals surface area contributed by atoms with Crippen LogP contribution in [0.2, 0.25) is 0 Å². The Morgan fingerprint density at radius 3 is 2.19 bits per heavy atom. The zero-order valence-electron chi connectivity index (χ0n) is 9.13. The van der Waals surface area contributed by atoms with Crippen molar-refractivity contribution in [2.24, 2.45) is 11.7 Å². The maximum Gasteiger partial charge on any atom is 0.241 e. The first-order valence-corrected chi connectivity index (χ1v) is 4.92. The molecule has 0 aliphatic carbocycles. The summed E-state index contributed by atoms with van der Waals surface area (Å²) < 4.78 is 25.6. The summed E-state index contributed by atoms with van der Waals surface area (Å²) in [5.74, 6) is -1.99. The number of anilines is 1. The van der Waals surface area contributed by atoms with Crippen LogP contribution < -0.4 is 11.1 Å². The molecular formula is C11H14F2N2O. The lowest BCUT2D eigenvalue weighted by Crippen LogP contribution is -2.39. The van der Waals surface area contributed by atoms with Gasteiger partial charge in [0.25, 0.3) is 0 Å². The largest absolute Gasteiger partial charge is 0.325 e. The summed E-state index contributed by atoms with van der Waals surface area (Å²) in [6.45, 7) is 3.58. The average Bonchev–Trinajstić information content (AvgIpc) is 2.14. The zero-order valence-corrected chi connectivity index (χ0v) is 9.13. The van der Waals surface area contributed by atoms with Crippen LogP contribution in [0.4, 0.5) is 14.5 Å². The monoisotopic (exact) mass is 228 g/mol. The van der Waals surface area contributed by atoms with Crippen LogP contribution in [-0.2, 0) is 4.79 Å².